The Hall–Kier alpha value is -1.60. The first kappa shape index (κ1) is 14.8. The van der Waals surface area contributed by atoms with Crippen LogP contribution in [0.25, 0.3) is 0 Å². The lowest BCUT2D eigenvalue weighted by atomic mass is 9.85. The maximum absolute atomic E-state index is 11.8. The summed E-state index contributed by atoms with van der Waals surface area (Å²) in [6.07, 6.45) is 2.92. The number of carbonyl (C=O) groups excluding carboxylic acids is 1. The van der Waals surface area contributed by atoms with Gasteiger partial charge in [-0.2, -0.15) is 0 Å². The van der Waals surface area contributed by atoms with E-state index in [0.717, 1.165) is 19.3 Å². The van der Waals surface area contributed by atoms with E-state index in [9.17, 15) is 13.2 Å². The minimum atomic E-state index is -3.77. The monoisotopic (exact) mass is 298 g/mol. The summed E-state index contributed by atoms with van der Waals surface area (Å²) in [4.78, 5) is 11.8. The van der Waals surface area contributed by atoms with Crippen LogP contribution in [-0.2, 0) is 21.4 Å². The van der Waals surface area contributed by atoms with Gasteiger partial charge in [-0.25, -0.2) is 13.6 Å². The summed E-state index contributed by atoms with van der Waals surface area (Å²) >= 11 is 0. The van der Waals surface area contributed by atoms with E-state index < -0.39 is 10.0 Å². The van der Waals surface area contributed by atoms with Gasteiger partial charge in [0.1, 0.15) is 5.75 Å². The number of hydrogen-bond acceptors (Lipinski definition) is 4. The maximum atomic E-state index is 11.8. The van der Waals surface area contributed by atoms with E-state index in [-0.39, 0.29) is 23.3 Å². The van der Waals surface area contributed by atoms with Gasteiger partial charge in [0.15, 0.2) is 0 Å². The van der Waals surface area contributed by atoms with Crippen LogP contribution in [0.5, 0.6) is 5.75 Å². The van der Waals surface area contributed by atoms with Crippen LogP contribution in [0.4, 0.5) is 0 Å². The van der Waals surface area contributed by atoms with E-state index in [2.05, 4.69) is 5.32 Å². The van der Waals surface area contributed by atoms with Crippen molar-refractivity contribution in [3.63, 3.8) is 0 Å². The Bertz CT molecular complexity index is 609. The molecule has 0 radical (unpaired) electrons. The molecule has 1 saturated carbocycles. The lowest BCUT2D eigenvalue weighted by Gasteiger charge is -2.24. The summed E-state index contributed by atoms with van der Waals surface area (Å²) in [5, 5.41) is 7.90. The first-order valence-electron chi connectivity index (χ1n) is 6.39. The number of nitrogens with two attached hydrogens (primary N) is 1. The van der Waals surface area contributed by atoms with Gasteiger partial charge in [0, 0.05) is 18.0 Å². The maximum Gasteiger partial charge on any atom is 0.238 e. The molecule has 1 aromatic carbocycles. The molecule has 1 aliphatic carbocycles. The zero-order valence-corrected chi connectivity index (χ0v) is 12.1. The SMILES string of the molecule is COc1ccc(S(N)(=O)=O)cc1CNC(=O)C1CCC1. The summed E-state index contributed by atoms with van der Waals surface area (Å²) in [5.74, 6) is 0.605. The van der Waals surface area contributed by atoms with Crippen LogP contribution in [0.3, 0.4) is 0 Å². The molecule has 1 amide bonds. The Kier molecular flexibility index (Phi) is 4.29. The number of rotatable bonds is 5. The van der Waals surface area contributed by atoms with Gasteiger partial charge < -0.3 is 10.1 Å². The molecule has 0 aromatic heterocycles. The number of primary sulfonamides is 1. The highest BCUT2D eigenvalue weighted by Crippen LogP contribution is 2.27. The highest BCUT2D eigenvalue weighted by atomic mass is 32.2. The molecule has 3 N–H and O–H groups in total. The molecule has 1 aromatic rings. The number of hydrogen-bond donors (Lipinski definition) is 2. The van der Waals surface area contributed by atoms with Crippen molar-refractivity contribution in [3.05, 3.63) is 23.8 Å². The normalized spacial score (nSPS) is 15.5. The zero-order valence-electron chi connectivity index (χ0n) is 11.3. The van der Waals surface area contributed by atoms with Crippen molar-refractivity contribution in [3.8, 4) is 5.75 Å². The largest absolute Gasteiger partial charge is 0.496 e. The van der Waals surface area contributed by atoms with E-state index in [1.807, 2.05) is 0 Å². The van der Waals surface area contributed by atoms with Gasteiger partial charge in [-0.1, -0.05) is 6.42 Å². The van der Waals surface area contributed by atoms with Crippen LogP contribution < -0.4 is 15.2 Å². The smallest absolute Gasteiger partial charge is 0.238 e. The van der Waals surface area contributed by atoms with Crippen molar-refractivity contribution in [1.82, 2.24) is 5.32 Å². The molecule has 6 nitrogen and oxygen atoms in total. The van der Waals surface area contributed by atoms with Crippen LogP contribution in [0.1, 0.15) is 24.8 Å². The second kappa shape index (κ2) is 5.80. The summed E-state index contributed by atoms with van der Waals surface area (Å²) in [7, 11) is -2.28. The van der Waals surface area contributed by atoms with Gasteiger partial charge in [0.2, 0.25) is 15.9 Å². The molecule has 7 heteroatoms. The van der Waals surface area contributed by atoms with E-state index >= 15 is 0 Å². The van der Waals surface area contributed by atoms with Gasteiger partial charge in [-0.3, -0.25) is 4.79 Å². The minimum Gasteiger partial charge on any atom is -0.496 e. The first-order chi connectivity index (χ1) is 9.41. The second-order valence-electron chi connectivity index (χ2n) is 4.86. The van der Waals surface area contributed by atoms with E-state index in [4.69, 9.17) is 9.88 Å². The minimum absolute atomic E-state index is 0.000637. The standard InChI is InChI=1S/C13H18N2O4S/c1-19-12-6-5-11(20(14,17)18)7-10(12)8-15-13(16)9-3-2-4-9/h5-7,9H,2-4,8H2,1H3,(H,15,16)(H2,14,17,18). The van der Waals surface area contributed by atoms with Crippen molar-refractivity contribution in [1.29, 1.82) is 0 Å². The molecule has 110 valence electrons. The quantitative estimate of drug-likeness (QED) is 0.838. The molecule has 0 atom stereocenters. The average molecular weight is 298 g/mol. The third-order valence-electron chi connectivity index (χ3n) is 3.51. The van der Waals surface area contributed by atoms with Crippen molar-refractivity contribution >= 4 is 15.9 Å². The summed E-state index contributed by atoms with van der Waals surface area (Å²) in [6.45, 7) is 0.224. The summed E-state index contributed by atoms with van der Waals surface area (Å²) in [6, 6.07) is 4.34. The first-order valence-corrected chi connectivity index (χ1v) is 7.94. The highest BCUT2D eigenvalue weighted by molar-refractivity contribution is 7.89. The second-order valence-corrected chi connectivity index (χ2v) is 6.43. The van der Waals surface area contributed by atoms with Crippen molar-refractivity contribution < 1.29 is 17.9 Å². The van der Waals surface area contributed by atoms with Gasteiger partial charge in [0.25, 0.3) is 0 Å². The highest BCUT2D eigenvalue weighted by Gasteiger charge is 2.25. The Labute approximate surface area is 118 Å². The molecule has 20 heavy (non-hydrogen) atoms. The molecule has 0 spiro atoms. The van der Waals surface area contributed by atoms with Crippen LogP contribution in [-0.4, -0.2) is 21.4 Å². The number of benzene rings is 1. The van der Waals surface area contributed by atoms with Gasteiger partial charge in [0.05, 0.1) is 12.0 Å². The van der Waals surface area contributed by atoms with Gasteiger partial charge in [-0.05, 0) is 31.0 Å². The molecule has 1 fully saturated rings. The lowest BCUT2D eigenvalue weighted by molar-refractivity contribution is -0.127. The Morgan fingerprint density at radius 2 is 2.15 bits per heavy atom. The summed E-state index contributed by atoms with van der Waals surface area (Å²) < 4.78 is 27.8. The Balaban J connectivity index is 2.13. The fourth-order valence-corrected chi connectivity index (χ4v) is 2.63. The summed E-state index contributed by atoms with van der Waals surface area (Å²) in [5.41, 5.74) is 0.590. The fourth-order valence-electron chi connectivity index (χ4n) is 2.07. The van der Waals surface area contributed by atoms with Crippen LogP contribution in [0.2, 0.25) is 0 Å². The van der Waals surface area contributed by atoms with Gasteiger partial charge >= 0.3 is 0 Å². The molecular formula is C13H18N2O4S. The topological polar surface area (TPSA) is 98.5 Å². The lowest BCUT2D eigenvalue weighted by Crippen LogP contribution is -2.34. The van der Waals surface area contributed by atoms with Crippen molar-refractivity contribution in [2.45, 2.75) is 30.7 Å². The van der Waals surface area contributed by atoms with Gasteiger partial charge in [-0.15, -0.1) is 0 Å². The predicted octanol–water partition coefficient (Wildman–Crippen LogP) is 0.759. The molecule has 1 aliphatic rings. The third kappa shape index (κ3) is 3.29. The number of methoxy groups -OCH3 is 1. The average Bonchev–Trinajstić information content (AvgIpc) is 2.32. The molecule has 2 rings (SSSR count). The third-order valence-corrected chi connectivity index (χ3v) is 4.42. The van der Waals surface area contributed by atoms with Crippen LogP contribution in [0.15, 0.2) is 23.1 Å². The van der Waals surface area contributed by atoms with Crippen molar-refractivity contribution in [2.24, 2.45) is 11.1 Å². The van der Waals surface area contributed by atoms with E-state index in [1.165, 1.54) is 25.3 Å². The molecule has 0 saturated heterocycles. The molecule has 0 aliphatic heterocycles. The number of nitrogens with one attached hydrogen (secondary N) is 1. The molecule has 0 heterocycles. The fraction of sp³-hybridized carbons (Fsp3) is 0.462. The van der Waals surface area contributed by atoms with E-state index in [0.29, 0.717) is 11.3 Å². The number of carbonyl (C=O) groups is 1. The Morgan fingerprint density at radius 3 is 2.65 bits per heavy atom. The Morgan fingerprint density at radius 1 is 1.45 bits per heavy atom. The van der Waals surface area contributed by atoms with Crippen LogP contribution >= 0.6 is 0 Å². The molecule has 0 unspecified atom stereocenters. The molecule has 0 bridgehead atoms. The molecular weight excluding hydrogens is 280 g/mol. The number of ether oxygens (including phenoxy) is 1. The number of sulfonamides is 1. The van der Waals surface area contributed by atoms with Crippen LogP contribution in [0, 0.1) is 5.92 Å². The van der Waals surface area contributed by atoms with Crippen molar-refractivity contribution in [2.75, 3.05) is 7.11 Å². The zero-order chi connectivity index (χ0) is 14.8. The number of amides is 1. The predicted molar refractivity (Wildman–Crippen MR) is 73.6 cm³/mol. The van der Waals surface area contributed by atoms with E-state index in [1.54, 1.807) is 0 Å².